The number of anilines is 1. The molecule has 12 heteroatoms. The molecular weight excluding hydrogens is 554 g/mol. The molecule has 1 saturated heterocycles. The van der Waals surface area contributed by atoms with E-state index < -0.39 is 18.6 Å². The maximum Gasteiger partial charge on any atom is 0.269 e. The van der Waals surface area contributed by atoms with E-state index in [2.05, 4.69) is 49.0 Å². The Balaban J connectivity index is 1.60. The summed E-state index contributed by atoms with van der Waals surface area (Å²) in [4.78, 5) is 27.4. The summed E-state index contributed by atoms with van der Waals surface area (Å²) in [5.41, 5.74) is 0.376. The first kappa shape index (κ1) is 29.6. The molecule has 1 spiro atoms. The number of aliphatic hydroxyl groups excluding tert-OH is 1. The first-order valence-corrected chi connectivity index (χ1v) is 17.2. The molecule has 0 aliphatic carbocycles. The SMILES string of the molecule is C=CCN1C(=O)[C@@]2(O[C@@H](CCn3cc(CCO)nn3)[C@H]([Si](C)(C)c3ccc(OC)cc3)[C@H]2C)c2cc([N+](=O)[O-])ccc21. The lowest BCUT2D eigenvalue weighted by molar-refractivity contribution is -0.385. The van der Waals surface area contributed by atoms with Crippen molar-refractivity contribution in [3.63, 3.8) is 0 Å². The summed E-state index contributed by atoms with van der Waals surface area (Å²) in [6, 6.07) is 12.7. The zero-order valence-electron chi connectivity index (χ0n) is 24.4. The Hall–Kier alpha value is -3.87. The standard InChI is InChI=1S/C30H37N5O6Si/c1-6-15-34-26-12-7-22(35(38)39)18-25(26)30(29(34)37)20(2)28(42(4,5)24-10-8-23(40-3)9-11-24)27(41-30)13-16-33-19-21(14-17-36)31-32-33/h6-12,18-20,27-28,36H,1,13-17H2,2-5H3/t20-,27+,28-,30+/m1/s1. The van der Waals surface area contributed by atoms with E-state index in [9.17, 15) is 20.0 Å². The van der Waals surface area contributed by atoms with Crippen molar-refractivity contribution in [1.82, 2.24) is 15.0 Å². The van der Waals surface area contributed by atoms with Gasteiger partial charge in [-0.2, -0.15) is 0 Å². The molecule has 222 valence electrons. The van der Waals surface area contributed by atoms with Gasteiger partial charge in [-0.05, 0) is 30.2 Å². The molecule has 11 nitrogen and oxygen atoms in total. The smallest absolute Gasteiger partial charge is 0.269 e. The zero-order valence-corrected chi connectivity index (χ0v) is 25.4. The van der Waals surface area contributed by atoms with E-state index in [0.29, 0.717) is 36.3 Å². The number of hydrogen-bond acceptors (Lipinski definition) is 8. The van der Waals surface area contributed by atoms with Gasteiger partial charge in [0.1, 0.15) is 5.75 Å². The molecule has 42 heavy (non-hydrogen) atoms. The summed E-state index contributed by atoms with van der Waals surface area (Å²) in [7, 11) is -0.721. The number of carbonyl (C=O) groups excluding carboxylic acids is 1. The lowest BCUT2D eigenvalue weighted by Crippen LogP contribution is -2.51. The topological polar surface area (TPSA) is 133 Å². The predicted molar refractivity (Wildman–Crippen MR) is 161 cm³/mol. The Morgan fingerprint density at radius 2 is 2.00 bits per heavy atom. The number of non-ortho nitro benzene ring substituents is 1. The summed E-state index contributed by atoms with van der Waals surface area (Å²) >= 11 is 0. The minimum atomic E-state index is -2.36. The lowest BCUT2D eigenvalue weighted by Gasteiger charge is -2.37. The Labute approximate surface area is 245 Å². The Kier molecular flexibility index (Phi) is 8.06. The van der Waals surface area contributed by atoms with Crippen LogP contribution in [0.15, 0.2) is 61.3 Å². The van der Waals surface area contributed by atoms with Gasteiger partial charge >= 0.3 is 0 Å². The highest BCUT2D eigenvalue weighted by molar-refractivity contribution is 6.91. The molecule has 1 amide bonds. The van der Waals surface area contributed by atoms with Gasteiger partial charge < -0.3 is 19.5 Å². The Bertz CT molecular complexity index is 1490. The van der Waals surface area contributed by atoms with Gasteiger partial charge in [-0.25, -0.2) is 0 Å². The van der Waals surface area contributed by atoms with Crippen molar-refractivity contribution in [3.05, 3.63) is 82.7 Å². The fourth-order valence-electron chi connectivity index (χ4n) is 6.93. The highest BCUT2D eigenvalue weighted by atomic mass is 28.3. The number of aliphatic hydroxyl groups is 1. The van der Waals surface area contributed by atoms with Crippen molar-refractivity contribution in [2.45, 2.75) is 56.7 Å². The maximum atomic E-state index is 14.4. The molecule has 0 radical (unpaired) electrons. The van der Waals surface area contributed by atoms with Crippen molar-refractivity contribution in [2.75, 3.05) is 25.2 Å². The molecule has 3 aromatic rings. The number of nitro benzene ring substituents is 1. The number of nitrogens with zero attached hydrogens (tertiary/aromatic N) is 5. The maximum absolute atomic E-state index is 14.4. The van der Waals surface area contributed by atoms with Crippen molar-refractivity contribution >= 4 is 30.5 Å². The van der Waals surface area contributed by atoms with Crippen LogP contribution in [0, 0.1) is 16.0 Å². The Morgan fingerprint density at radius 1 is 1.26 bits per heavy atom. The average Bonchev–Trinajstić information content (AvgIpc) is 3.62. The van der Waals surface area contributed by atoms with E-state index in [1.807, 2.05) is 18.3 Å². The largest absolute Gasteiger partial charge is 0.497 e. The molecule has 1 fully saturated rings. The second-order valence-corrected chi connectivity index (χ2v) is 16.2. The molecule has 3 heterocycles. The fourth-order valence-corrected chi connectivity index (χ4v) is 11.0. The van der Waals surface area contributed by atoms with Crippen LogP contribution in [0.5, 0.6) is 5.75 Å². The van der Waals surface area contributed by atoms with Crippen LogP contribution in [0.4, 0.5) is 11.4 Å². The van der Waals surface area contributed by atoms with Gasteiger partial charge in [-0.15, -0.1) is 11.7 Å². The van der Waals surface area contributed by atoms with Crippen molar-refractivity contribution in [3.8, 4) is 5.75 Å². The quantitative estimate of drug-likeness (QED) is 0.155. The number of ether oxygens (including phenoxy) is 2. The summed E-state index contributed by atoms with van der Waals surface area (Å²) in [5, 5.41) is 30.7. The summed E-state index contributed by atoms with van der Waals surface area (Å²) in [6.07, 6.45) is 4.11. The van der Waals surface area contributed by atoms with Gasteiger partial charge in [0.15, 0.2) is 5.60 Å². The van der Waals surface area contributed by atoms with E-state index in [4.69, 9.17) is 9.47 Å². The molecule has 0 unspecified atom stereocenters. The molecule has 0 saturated carbocycles. The molecular formula is C30H37N5O6Si. The van der Waals surface area contributed by atoms with Crippen LogP contribution >= 0.6 is 0 Å². The normalized spacial score (nSPS) is 23.4. The molecule has 2 aliphatic rings. The summed E-state index contributed by atoms with van der Waals surface area (Å²) in [5.74, 6) is 0.267. The molecule has 5 rings (SSSR count). The number of aryl methyl sites for hydroxylation is 1. The third-order valence-electron chi connectivity index (χ3n) is 8.94. The monoisotopic (exact) mass is 591 g/mol. The number of hydrogen-bond donors (Lipinski definition) is 1. The first-order chi connectivity index (χ1) is 20.1. The van der Waals surface area contributed by atoms with Crippen LogP contribution in [-0.4, -0.2) is 65.4 Å². The van der Waals surface area contributed by atoms with Crippen LogP contribution in [0.3, 0.4) is 0 Å². The van der Waals surface area contributed by atoms with Crippen LogP contribution in [0.25, 0.3) is 0 Å². The van der Waals surface area contributed by atoms with E-state index in [0.717, 1.165) is 5.75 Å². The van der Waals surface area contributed by atoms with Crippen LogP contribution < -0.4 is 14.8 Å². The van der Waals surface area contributed by atoms with Crippen LogP contribution in [-0.2, 0) is 28.1 Å². The number of fused-ring (bicyclic) bond motifs is 2. The fraction of sp³-hybridized carbons (Fsp3) is 0.433. The molecule has 1 N–H and O–H groups in total. The third kappa shape index (κ3) is 4.82. The van der Waals surface area contributed by atoms with Gasteiger partial charge in [-0.3, -0.25) is 19.6 Å². The number of nitro groups is 1. The molecule has 2 aliphatic heterocycles. The number of amides is 1. The zero-order chi connectivity index (χ0) is 30.2. The molecule has 0 bridgehead atoms. The van der Waals surface area contributed by atoms with E-state index >= 15 is 0 Å². The third-order valence-corrected chi connectivity index (χ3v) is 13.3. The van der Waals surface area contributed by atoms with Gasteiger partial charge in [0.2, 0.25) is 0 Å². The van der Waals surface area contributed by atoms with Crippen molar-refractivity contribution < 1.29 is 24.3 Å². The minimum Gasteiger partial charge on any atom is -0.497 e. The Morgan fingerprint density at radius 3 is 2.64 bits per heavy atom. The summed E-state index contributed by atoms with van der Waals surface area (Å²) in [6.45, 7) is 11.2. The highest BCUT2D eigenvalue weighted by Crippen LogP contribution is 2.60. The van der Waals surface area contributed by atoms with Crippen molar-refractivity contribution in [1.29, 1.82) is 0 Å². The average molecular weight is 592 g/mol. The number of benzene rings is 2. The molecule has 1 aromatic heterocycles. The highest BCUT2D eigenvalue weighted by Gasteiger charge is 2.66. The number of carbonyl (C=O) groups is 1. The molecule has 4 atom stereocenters. The van der Waals surface area contributed by atoms with E-state index in [-0.39, 0.29) is 42.3 Å². The lowest BCUT2D eigenvalue weighted by atomic mass is 9.82. The van der Waals surface area contributed by atoms with Gasteiger partial charge in [0.25, 0.3) is 11.6 Å². The number of rotatable bonds is 11. The second kappa shape index (κ2) is 11.4. The second-order valence-electron chi connectivity index (χ2n) is 11.6. The van der Waals surface area contributed by atoms with Gasteiger partial charge in [0, 0.05) is 55.9 Å². The van der Waals surface area contributed by atoms with Gasteiger partial charge in [0.05, 0.1) is 37.6 Å². The predicted octanol–water partition coefficient (Wildman–Crippen LogP) is 3.57. The first-order valence-electron chi connectivity index (χ1n) is 14.1. The number of aromatic nitrogens is 3. The van der Waals surface area contributed by atoms with Crippen LogP contribution in [0.2, 0.25) is 18.6 Å². The number of methoxy groups -OCH3 is 1. The van der Waals surface area contributed by atoms with E-state index in [1.165, 1.54) is 17.3 Å². The van der Waals surface area contributed by atoms with Gasteiger partial charge in [-0.1, -0.05) is 48.6 Å². The molecule has 2 aromatic carbocycles. The van der Waals surface area contributed by atoms with E-state index in [1.54, 1.807) is 28.8 Å². The van der Waals surface area contributed by atoms with Crippen molar-refractivity contribution in [2.24, 2.45) is 5.92 Å². The van der Waals surface area contributed by atoms with Crippen LogP contribution in [0.1, 0.15) is 24.6 Å². The summed E-state index contributed by atoms with van der Waals surface area (Å²) < 4.78 is 14.1. The minimum absolute atomic E-state index is 0.0109.